The van der Waals surface area contributed by atoms with Crippen LogP contribution in [0.1, 0.15) is 21.7 Å². The van der Waals surface area contributed by atoms with E-state index in [0.29, 0.717) is 36.0 Å². The van der Waals surface area contributed by atoms with E-state index in [9.17, 15) is 4.79 Å². The molecule has 2 heterocycles. The Labute approximate surface area is 179 Å². The minimum absolute atomic E-state index is 0. The van der Waals surface area contributed by atoms with Crippen molar-refractivity contribution in [1.29, 1.82) is 0 Å². The van der Waals surface area contributed by atoms with E-state index in [1.807, 2.05) is 36.4 Å². The van der Waals surface area contributed by atoms with Crippen LogP contribution in [0.5, 0.6) is 11.6 Å². The SMILES string of the molecule is Cl.NCc1cc(Oc2cccc(C(=O)NCc3ccc4ccccc4n3)c2)ncn1. The molecule has 0 unspecified atom stereocenters. The van der Waals surface area contributed by atoms with Crippen molar-refractivity contribution < 1.29 is 9.53 Å². The molecular formula is C22H20ClN5O2. The van der Waals surface area contributed by atoms with Crippen LogP contribution in [0.3, 0.4) is 0 Å². The molecule has 2 aromatic carbocycles. The molecule has 0 aliphatic carbocycles. The number of fused-ring (bicyclic) bond motifs is 1. The minimum atomic E-state index is -0.212. The van der Waals surface area contributed by atoms with Crippen LogP contribution >= 0.6 is 12.4 Å². The first kappa shape index (κ1) is 21.2. The van der Waals surface area contributed by atoms with Crippen molar-refractivity contribution >= 4 is 29.2 Å². The Morgan fingerprint density at radius 2 is 1.83 bits per heavy atom. The molecule has 3 N–H and O–H groups in total. The number of nitrogens with zero attached hydrogens (tertiary/aromatic N) is 3. The summed E-state index contributed by atoms with van der Waals surface area (Å²) in [6.07, 6.45) is 1.39. The molecule has 0 aliphatic rings. The number of carbonyl (C=O) groups excluding carboxylic acids is 1. The van der Waals surface area contributed by atoms with Gasteiger partial charge in [0.25, 0.3) is 5.91 Å². The predicted octanol–water partition coefficient (Wildman–Crippen LogP) is 3.63. The van der Waals surface area contributed by atoms with Gasteiger partial charge in [-0.15, -0.1) is 12.4 Å². The topological polar surface area (TPSA) is 103 Å². The van der Waals surface area contributed by atoms with Gasteiger partial charge in [0.15, 0.2) is 0 Å². The van der Waals surface area contributed by atoms with Gasteiger partial charge in [0.1, 0.15) is 12.1 Å². The van der Waals surface area contributed by atoms with E-state index in [4.69, 9.17) is 10.5 Å². The number of amides is 1. The fourth-order valence-electron chi connectivity index (χ4n) is 2.85. The second-order valence-corrected chi connectivity index (χ2v) is 6.36. The van der Waals surface area contributed by atoms with Gasteiger partial charge in [0.2, 0.25) is 5.88 Å². The summed E-state index contributed by atoms with van der Waals surface area (Å²) in [7, 11) is 0. The van der Waals surface area contributed by atoms with E-state index in [1.165, 1.54) is 6.33 Å². The van der Waals surface area contributed by atoms with Crippen molar-refractivity contribution in [3.8, 4) is 11.6 Å². The number of carbonyl (C=O) groups is 1. The van der Waals surface area contributed by atoms with E-state index < -0.39 is 0 Å². The maximum Gasteiger partial charge on any atom is 0.251 e. The zero-order valence-electron chi connectivity index (χ0n) is 16.0. The van der Waals surface area contributed by atoms with Gasteiger partial charge >= 0.3 is 0 Å². The molecule has 4 rings (SSSR count). The van der Waals surface area contributed by atoms with Crippen molar-refractivity contribution in [3.05, 3.63) is 90.0 Å². The molecule has 0 aliphatic heterocycles. The van der Waals surface area contributed by atoms with E-state index in [-0.39, 0.29) is 18.3 Å². The smallest absolute Gasteiger partial charge is 0.251 e. The highest BCUT2D eigenvalue weighted by Crippen LogP contribution is 2.20. The van der Waals surface area contributed by atoms with Gasteiger partial charge < -0.3 is 15.8 Å². The van der Waals surface area contributed by atoms with Crippen LogP contribution in [-0.2, 0) is 13.1 Å². The van der Waals surface area contributed by atoms with Crippen molar-refractivity contribution in [2.24, 2.45) is 5.73 Å². The molecule has 2 aromatic heterocycles. The highest BCUT2D eigenvalue weighted by atomic mass is 35.5. The Kier molecular flexibility index (Phi) is 6.90. The summed E-state index contributed by atoms with van der Waals surface area (Å²) in [5.74, 6) is 0.664. The summed E-state index contributed by atoms with van der Waals surface area (Å²) in [6, 6.07) is 20.3. The molecule has 0 saturated heterocycles. The molecule has 0 fully saturated rings. The third kappa shape index (κ3) is 5.08. The Balaban J connectivity index is 0.00000256. The van der Waals surface area contributed by atoms with Gasteiger partial charge in [-0.05, 0) is 30.3 Å². The number of nitrogens with one attached hydrogen (secondary N) is 1. The van der Waals surface area contributed by atoms with E-state index in [2.05, 4.69) is 20.3 Å². The number of benzene rings is 2. The molecule has 7 nitrogen and oxygen atoms in total. The van der Waals surface area contributed by atoms with Crippen LogP contribution in [0.4, 0.5) is 0 Å². The number of aromatic nitrogens is 3. The average molecular weight is 422 g/mol. The van der Waals surface area contributed by atoms with E-state index in [0.717, 1.165) is 16.6 Å². The maximum atomic E-state index is 12.6. The standard InChI is InChI=1S/C22H19N5O2.ClH/c23-12-18-11-21(26-14-25-18)29-19-6-3-5-16(10-19)22(28)24-13-17-9-8-15-4-1-2-7-20(15)27-17;/h1-11,14H,12-13,23H2,(H,24,28);1H. The number of ether oxygens (including phenoxy) is 1. The van der Waals surface area contributed by atoms with E-state index in [1.54, 1.807) is 30.3 Å². The average Bonchev–Trinajstić information content (AvgIpc) is 2.77. The van der Waals surface area contributed by atoms with Crippen LogP contribution < -0.4 is 15.8 Å². The lowest BCUT2D eigenvalue weighted by Crippen LogP contribution is -2.23. The molecule has 0 bridgehead atoms. The quantitative estimate of drug-likeness (QED) is 0.492. The molecule has 0 spiro atoms. The second-order valence-electron chi connectivity index (χ2n) is 6.36. The van der Waals surface area contributed by atoms with Gasteiger partial charge in [-0.2, -0.15) is 0 Å². The molecule has 0 radical (unpaired) electrons. The second kappa shape index (κ2) is 9.78. The van der Waals surface area contributed by atoms with Crippen LogP contribution in [0.25, 0.3) is 10.9 Å². The van der Waals surface area contributed by atoms with Gasteiger partial charge in [0, 0.05) is 23.6 Å². The van der Waals surface area contributed by atoms with Crippen LogP contribution in [0.2, 0.25) is 0 Å². The first-order valence-electron chi connectivity index (χ1n) is 9.13. The van der Waals surface area contributed by atoms with Gasteiger partial charge in [-0.1, -0.05) is 30.3 Å². The number of para-hydroxylation sites is 1. The van der Waals surface area contributed by atoms with Crippen LogP contribution in [-0.4, -0.2) is 20.9 Å². The summed E-state index contributed by atoms with van der Waals surface area (Å²) in [5, 5.41) is 3.95. The lowest BCUT2D eigenvalue weighted by molar-refractivity contribution is 0.0950. The Bertz CT molecular complexity index is 1170. The fraction of sp³-hybridized carbons (Fsp3) is 0.0909. The summed E-state index contributed by atoms with van der Waals surface area (Å²) in [6.45, 7) is 0.630. The number of halogens is 1. The van der Waals surface area contributed by atoms with Crippen molar-refractivity contribution in [2.45, 2.75) is 13.1 Å². The highest BCUT2D eigenvalue weighted by Gasteiger charge is 2.09. The first-order valence-corrected chi connectivity index (χ1v) is 9.13. The van der Waals surface area contributed by atoms with Crippen LogP contribution in [0, 0.1) is 0 Å². The molecule has 0 atom stereocenters. The molecule has 1 amide bonds. The highest BCUT2D eigenvalue weighted by molar-refractivity contribution is 5.94. The minimum Gasteiger partial charge on any atom is -0.439 e. The number of hydrogen-bond acceptors (Lipinski definition) is 6. The first-order chi connectivity index (χ1) is 14.2. The summed E-state index contributed by atoms with van der Waals surface area (Å²) in [4.78, 5) is 25.2. The number of rotatable bonds is 6. The van der Waals surface area contributed by atoms with Gasteiger partial charge in [-0.25, -0.2) is 9.97 Å². The lowest BCUT2D eigenvalue weighted by Gasteiger charge is -2.09. The molecule has 4 aromatic rings. The summed E-state index contributed by atoms with van der Waals surface area (Å²) in [5.41, 5.74) is 8.43. The van der Waals surface area contributed by atoms with E-state index >= 15 is 0 Å². The number of pyridine rings is 1. The Morgan fingerprint density at radius 1 is 0.967 bits per heavy atom. The zero-order valence-corrected chi connectivity index (χ0v) is 16.8. The van der Waals surface area contributed by atoms with Gasteiger partial charge in [-0.3, -0.25) is 9.78 Å². The molecular weight excluding hydrogens is 402 g/mol. The van der Waals surface area contributed by atoms with Crippen molar-refractivity contribution in [3.63, 3.8) is 0 Å². The fourth-order valence-corrected chi connectivity index (χ4v) is 2.85. The predicted molar refractivity (Wildman–Crippen MR) is 117 cm³/mol. The summed E-state index contributed by atoms with van der Waals surface area (Å²) < 4.78 is 5.72. The maximum absolute atomic E-state index is 12.6. The normalized spacial score (nSPS) is 10.3. The third-order valence-electron chi connectivity index (χ3n) is 4.31. The molecule has 152 valence electrons. The Hall–Kier alpha value is -3.55. The largest absolute Gasteiger partial charge is 0.439 e. The molecule has 8 heteroatoms. The molecule has 30 heavy (non-hydrogen) atoms. The Morgan fingerprint density at radius 3 is 2.70 bits per heavy atom. The number of hydrogen-bond donors (Lipinski definition) is 2. The monoisotopic (exact) mass is 421 g/mol. The van der Waals surface area contributed by atoms with Crippen molar-refractivity contribution in [2.75, 3.05) is 0 Å². The zero-order chi connectivity index (χ0) is 20.1. The molecule has 0 saturated carbocycles. The van der Waals surface area contributed by atoms with Crippen LogP contribution in [0.15, 0.2) is 73.1 Å². The third-order valence-corrected chi connectivity index (χ3v) is 4.31. The summed E-state index contributed by atoms with van der Waals surface area (Å²) >= 11 is 0. The van der Waals surface area contributed by atoms with Gasteiger partial charge in [0.05, 0.1) is 23.4 Å². The number of nitrogens with two attached hydrogens (primary N) is 1. The van der Waals surface area contributed by atoms with Crippen molar-refractivity contribution in [1.82, 2.24) is 20.3 Å². The lowest BCUT2D eigenvalue weighted by atomic mass is 10.2.